The average molecular weight is 530 g/mol. The number of amides is 1. The molecule has 0 saturated heterocycles. The lowest BCUT2D eigenvalue weighted by Gasteiger charge is -2.19. The Bertz CT molecular complexity index is 1020. The molecule has 0 aliphatic heterocycles. The molecule has 2 atom stereocenters. The van der Waals surface area contributed by atoms with E-state index in [0.29, 0.717) is 34.9 Å². The van der Waals surface area contributed by atoms with Gasteiger partial charge in [-0.15, -0.1) is 0 Å². The van der Waals surface area contributed by atoms with E-state index in [1.807, 2.05) is 6.07 Å². The van der Waals surface area contributed by atoms with Crippen LogP contribution in [0.3, 0.4) is 0 Å². The Labute approximate surface area is 210 Å². The van der Waals surface area contributed by atoms with Crippen molar-refractivity contribution < 1.29 is 32.3 Å². The van der Waals surface area contributed by atoms with Crippen LogP contribution in [0.5, 0.6) is 0 Å². The molecule has 2 aromatic rings. The summed E-state index contributed by atoms with van der Waals surface area (Å²) in [5, 5.41) is 5.58. The van der Waals surface area contributed by atoms with E-state index in [9.17, 15) is 27.6 Å². The zero-order chi connectivity index (χ0) is 26.0. The molecule has 0 aliphatic carbocycles. The minimum Gasteiger partial charge on any atom is -0.385 e. The summed E-state index contributed by atoms with van der Waals surface area (Å²) in [7, 11) is 0. The third-order valence-electron chi connectivity index (χ3n) is 4.78. The van der Waals surface area contributed by atoms with Crippen LogP contribution in [0, 0.1) is 0 Å². The predicted molar refractivity (Wildman–Crippen MR) is 134 cm³/mol. The second-order valence-corrected chi connectivity index (χ2v) is 8.81. The van der Waals surface area contributed by atoms with Gasteiger partial charge in [-0.1, -0.05) is 30.3 Å². The molecule has 0 unspecified atom stereocenters. The fourth-order valence-electron chi connectivity index (χ4n) is 2.96. The zero-order valence-electron chi connectivity index (χ0n) is 18.8. The van der Waals surface area contributed by atoms with Crippen molar-refractivity contribution >= 4 is 47.9 Å². The summed E-state index contributed by atoms with van der Waals surface area (Å²) in [5.74, 6) is -4.01. The molecule has 35 heavy (non-hydrogen) atoms. The molecule has 1 amide bonds. The lowest BCUT2D eigenvalue weighted by Crippen LogP contribution is -2.44. The summed E-state index contributed by atoms with van der Waals surface area (Å²) in [6, 6.07) is 12.2. The van der Waals surface area contributed by atoms with Crippen LogP contribution >= 0.6 is 24.4 Å². The summed E-state index contributed by atoms with van der Waals surface area (Å²) >= 11 is 5.47. The van der Waals surface area contributed by atoms with Gasteiger partial charge in [-0.3, -0.25) is 4.79 Å². The van der Waals surface area contributed by atoms with Gasteiger partial charge in [0.15, 0.2) is 0 Å². The van der Waals surface area contributed by atoms with Gasteiger partial charge >= 0.3 is 18.1 Å². The maximum Gasteiger partial charge on any atom is 0.491 e. The van der Waals surface area contributed by atoms with E-state index >= 15 is 0 Å². The van der Waals surface area contributed by atoms with Crippen molar-refractivity contribution in [3.8, 4) is 11.1 Å². The highest BCUT2D eigenvalue weighted by molar-refractivity contribution is 7.98. The Balaban J connectivity index is 2.32. The fraction of sp³-hybridized carbons (Fsp3) is 0.348. The molecule has 12 heteroatoms. The number of esters is 2. The van der Waals surface area contributed by atoms with E-state index in [4.69, 9.17) is 5.73 Å². The summed E-state index contributed by atoms with van der Waals surface area (Å²) in [4.78, 5) is 36.5. The largest absolute Gasteiger partial charge is 0.491 e. The Morgan fingerprint density at radius 1 is 1.14 bits per heavy atom. The number of nitrogens with one attached hydrogen (secondary N) is 2. The summed E-state index contributed by atoms with van der Waals surface area (Å²) in [6.07, 6.45) is -3.63. The van der Waals surface area contributed by atoms with Crippen molar-refractivity contribution in [2.45, 2.75) is 24.7 Å². The van der Waals surface area contributed by atoms with Crippen LogP contribution in [0.25, 0.3) is 11.1 Å². The number of thiol groups is 1. The van der Waals surface area contributed by atoms with E-state index in [1.54, 1.807) is 42.7 Å². The summed E-state index contributed by atoms with van der Waals surface area (Å²) < 4.78 is 41.5. The summed E-state index contributed by atoms with van der Waals surface area (Å²) in [6.45, 7) is 0.444. The van der Waals surface area contributed by atoms with Gasteiger partial charge in [0, 0.05) is 29.6 Å². The molecule has 190 valence electrons. The van der Waals surface area contributed by atoms with Crippen LogP contribution in [0.4, 0.5) is 18.9 Å². The lowest BCUT2D eigenvalue weighted by molar-refractivity contribution is -0.202. The highest BCUT2D eigenvalue weighted by Gasteiger charge is 2.43. The molecule has 7 nitrogen and oxygen atoms in total. The fourth-order valence-corrected chi connectivity index (χ4v) is 3.56. The topological polar surface area (TPSA) is 111 Å². The quantitative estimate of drug-likeness (QED) is 0.200. The lowest BCUT2D eigenvalue weighted by atomic mass is 9.98. The second kappa shape index (κ2) is 13.4. The standard InChI is InChI=1S/C23H26F3N3O4S2/c1-35-10-9-19(21(31)33-22(32)23(24,25)26)29-20(30)17-8-7-16(28-12-15(27)13-34)11-18(17)14-5-3-2-4-6-14/h2-8,11,15,19,28,34H,9-10,12-13,27H2,1H3,(H,29,30)/t15-,19+/m1/s1. The third-order valence-corrected chi connectivity index (χ3v) is 5.89. The maximum atomic E-state index is 13.1. The Morgan fingerprint density at radius 3 is 2.43 bits per heavy atom. The van der Waals surface area contributed by atoms with Crippen LogP contribution in [0.15, 0.2) is 48.5 Å². The first kappa shape index (κ1) is 28.5. The van der Waals surface area contributed by atoms with Gasteiger partial charge in [-0.05, 0) is 47.8 Å². The molecular weight excluding hydrogens is 503 g/mol. The zero-order valence-corrected chi connectivity index (χ0v) is 20.5. The minimum atomic E-state index is -5.33. The molecule has 0 spiro atoms. The third kappa shape index (κ3) is 8.79. The molecule has 0 aliphatic rings. The van der Waals surface area contributed by atoms with E-state index in [-0.39, 0.29) is 18.0 Å². The van der Waals surface area contributed by atoms with Gasteiger partial charge in [-0.2, -0.15) is 37.6 Å². The first-order valence-corrected chi connectivity index (χ1v) is 12.5. The number of hydrogen-bond donors (Lipinski definition) is 4. The van der Waals surface area contributed by atoms with Crippen LogP contribution in [0.2, 0.25) is 0 Å². The van der Waals surface area contributed by atoms with Gasteiger partial charge in [0.2, 0.25) is 0 Å². The van der Waals surface area contributed by atoms with E-state index < -0.39 is 30.1 Å². The van der Waals surface area contributed by atoms with Crippen molar-refractivity contribution in [1.82, 2.24) is 5.32 Å². The number of alkyl halides is 3. The molecule has 0 bridgehead atoms. The molecule has 0 aromatic heterocycles. The molecule has 2 aromatic carbocycles. The van der Waals surface area contributed by atoms with Gasteiger partial charge in [-0.25, -0.2) is 9.59 Å². The molecular formula is C23H26F3N3O4S2. The number of carbonyl (C=O) groups excluding carboxylic acids is 3. The minimum absolute atomic E-state index is 0.0290. The molecule has 0 heterocycles. The number of rotatable bonds is 11. The Kier molecular flexibility index (Phi) is 10.9. The number of benzene rings is 2. The first-order chi connectivity index (χ1) is 16.6. The number of halogens is 3. The van der Waals surface area contributed by atoms with E-state index in [1.165, 1.54) is 17.8 Å². The van der Waals surface area contributed by atoms with Gasteiger partial charge in [0.1, 0.15) is 6.04 Å². The van der Waals surface area contributed by atoms with Crippen LogP contribution in [-0.2, 0) is 14.3 Å². The van der Waals surface area contributed by atoms with Crippen molar-refractivity contribution in [2.75, 3.05) is 29.6 Å². The van der Waals surface area contributed by atoms with E-state index in [0.717, 1.165) is 0 Å². The number of anilines is 1. The predicted octanol–water partition coefficient (Wildman–Crippen LogP) is 3.51. The van der Waals surface area contributed by atoms with Gasteiger partial charge < -0.3 is 21.1 Å². The smallest absolute Gasteiger partial charge is 0.385 e. The number of nitrogens with two attached hydrogens (primary N) is 1. The van der Waals surface area contributed by atoms with Crippen LogP contribution in [0.1, 0.15) is 16.8 Å². The number of thioether (sulfide) groups is 1. The molecule has 0 fully saturated rings. The maximum absolute atomic E-state index is 13.1. The van der Waals surface area contributed by atoms with Crippen molar-refractivity contribution in [1.29, 1.82) is 0 Å². The molecule has 0 radical (unpaired) electrons. The van der Waals surface area contributed by atoms with Gasteiger partial charge in [0.05, 0.1) is 0 Å². The first-order valence-electron chi connectivity index (χ1n) is 10.5. The average Bonchev–Trinajstić information content (AvgIpc) is 2.84. The number of carbonyl (C=O) groups is 3. The molecule has 0 saturated carbocycles. The Hall–Kier alpha value is -2.70. The highest BCUT2D eigenvalue weighted by Crippen LogP contribution is 2.27. The molecule has 2 rings (SSSR count). The van der Waals surface area contributed by atoms with E-state index in [2.05, 4.69) is 28.0 Å². The van der Waals surface area contributed by atoms with Crippen molar-refractivity contribution in [2.24, 2.45) is 5.73 Å². The SMILES string of the molecule is CSCC[C@H](NC(=O)c1ccc(NC[C@@H](N)CS)cc1-c1ccccc1)C(=O)OC(=O)C(F)(F)F. The van der Waals surface area contributed by atoms with Gasteiger partial charge in [0.25, 0.3) is 5.91 Å². The summed E-state index contributed by atoms with van der Waals surface area (Å²) in [5.41, 5.74) is 7.99. The van der Waals surface area contributed by atoms with Crippen molar-refractivity contribution in [3.63, 3.8) is 0 Å². The second-order valence-electron chi connectivity index (χ2n) is 7.46. The number of hydrogen-bond acceptors (Lipinski definition) is 8. The monoisotopic (exact) mass is 529 g/mol. The van der Waals surface area contributed by atoms with Crippen LogP contribution < -0.4 is 16.4 Å². The molecule has 4 N–H and O–H groups in total. The Morgan fingerprint density at radius 2 is 1.83 bits per heavy atom. The van der Waals surface area contributed by atoms with Crippen molar-refractivity contribution in [3.05, 3.63) is 54.1 Å². The number of ether oxygens (including phenoxy) is 1. The van der Waals surface area contributed by atoms with Crippen LogP contribution in [-0.4, -0.2) is 60.4 Å². The normalized spacial score (nSPS) is 13.0. The highest BCUT2D eigenvalue weighted by atomic mass is 32.2.